The van der Waals surface area contributed by atoms with Gasteiger partial charge in [0.05, 0.1) is 15.8 Å². The Morgan fingerprint density at radius 1 is 1.21 bits per heavy atom. The van der Waals surface area contributed by atoms with Gasteiger partial charge in [-0.15, -0.1) is 21.5 Å². The van der Waals surface area contributed by atoms with Gasteiger partial charge in [0, 0.05) is 18.7 Å². The lowest BCUT2D eigenvalue weighted by Gasteiger charge is -2.22. The number of aliphatic hydroxyl groups is 1. The fraction of sp³-hybridized carbons (Fsp3) is 0.316. The van der Waals surface area contributed by atoms with E-state index in [1.807, 2.05) is 24.3 Å². The van der Waals surface area contributed by atoms with Crippen molar-refractivity contribution >= 4 is 28.8 Å². The first-order valence-corrected chi connectivity index (χ1v) is 10.2. The third kappa shape index (κ3) is 4.25. The van der Waals surface area contributed by atoms with Crippen molar-refractivity contribution in [2.75, 3.05) is 13.1 Å². The molecule has 146 valence electrons. The molecule has 1 unspecified atom stereocenters. The Morgan fingerprint density at radius 2 is 1.96 bits per heavy atom. The molecular weight excluding hydrogens is 400 g/mol. The highest BCUT2D eigenvalue weighted by Crippen LogP contribution is 2.25. The minimum absolute atomic E-state index is 0.132. The molecule has 1 fully saturated rings. The molecule has 0 bridgehead atoms. The first kappa shape index (κ1) is 19.1. The zero-order chi connectivity index (χ0) is 19.5. The van der Waals surface area contributed by atoms with E-state index in [2.05, 4.69) is 20.4 Å². The van der Waals surface area contributed by atoms with E-state index in [-0.39, 0.29) is 12.5 Å². The van der Waals surface area contributed by atoms with Crippen molar-refractivity contribution in [1.29, 1.82) is 0 Å². The monoisotopic (exact) mass is 418 g/mol. The van der Waals surface area contributed by atoms with Gasteiger partial charge in [-0.1, -0.05) is 23.7 Å². The van der Waals surface area contributed by atoms with E-state index < -0.39 is 6.23 Å². The number of benzene rings is 1. The van der Waals surface area contributed by atoms with Crippen molar-refractivity contribution in [3.63, 3.8) is 0 Å². The molecule has 2 aromatic heterocycles. The van der Waals surface area contributed by atoms with Crippen LogP contribution >= 0.6 is 22.9 Å². The summed E-state index contributed by atoms with van der Waals surface area (Å²) in [6.07, 6.45) is 1.65. The number of carbonyl (C=O) groups excluding carboxylic acids is 1. The van der Waals surface area contributed by atoms with E-state index in [0.717, 1.165) is 37.1 Å². The Balaban J connectivity index is 1.37. The van der Waals surface area contributed by atoms with E-state index >= 15 is 0 Å². The third-order valence-electron chi connectivity index (χ3n) is 4.61. The van der Waals surface area contributed by atoms with Gasteiger partial charge in [-0.25, -0.2) is 0 Å². The van der Waals surface area contributed by atoms with Gasteiger partial charge >= 0.3 is 0 Å². The number of amides is 1. The zero-order valence-electron chi connectivity index (χ0n) is 15.0. The van der Waals surface area contributed by atoms with Crippen LogP contribution in [0.15, 0.2) is 40.8 Å². The van der Waals surface area contributed by atoms with Crippen LogP contribution in [0, 0.1) is 0 Å². The number of carbonyl (C=O) groups is 1. The minimum atomic E-state index is -0.587. The van der Waals surface area contributed by atoms with E-state index in [1.165, 1.54) is 11.3 Å². The lowest BCUT2D eigenvalue weighted by molar-refractivity contribution is 0.0190. The molecule has 7 nitrogen and oxygen atoms in total. The second-order valence-corrected chi connectivity index (χ2v) is 8.24. The molecule has 9 heteroatoms. The number of likely N-dealkylation sites (tertiary alicyclic amines) is 1. The van der Waals surface area contributed by atoms with E-state index in [0.29, 0.717) is 21.0 Å². The lowest BCUT2D eigenvalue weighted by Crippen LogP contribution is -2.25. The predicted octanol–water partition coefficient (Wildman–Crippen LogP) is 3.47. The summed E-state index contributed by atoms with van der Waals surface area (Å²) >= 11 is 7.05. The maximum absolute atomic E-state index is 12.0. The topological polar surface area (TPSA) is 91.5 Å². The van der Waals surface area contributed by atoms with Crippen LogP contribution in [-0.2, 0) is 6.54 Å². The van der Waals surface area contributed by atoms with Crippen molar-refractivity contribution in [3.05, 3.63) is 57.1 Å². The molecule has 4 rings (SSSR count). The smallest absolute Gasteiger partial charge is 0.261 e. The van der Waals surface area contributed by atoms with Crippen molar-refractivity contribution in [3.8, 4) is 11.5 Å². The van der Waals surface area contributed by atoms with Crippen LogP contribution in [-0.4, -0.2) is 39.2 Å². The fourth-order valence-corrected chi connectivity index (χ4v) is 4.08. The normalized spacial score (nSPS) is 15.6. The largest absolute Gasteiger partial charge is 0.419 e. The van der Waals surface area contributed by atoms with Gasteiger partial charge in [-0.3, -0.25) is 9.69 Å². The predicted molar refractivity (Wildman–Crippen MR) is 106 cm³/mol. The molecule has 28 heavy (non-hydrogen) atoms. The van der Waals surface area contributed by atoms with Gasteiger partial charge in [-0.05, 0) is 42.7 Å². The molecule has 0 saturated carbocycles. The van der Waals surface area contributed by atoms with Crippen LogP contribution in [0.2, 0.25) is 4.34 Å². The molecular formula is C19H19ClN4O3S. The van der Waals surface area contributed by atoms with Crippen LogP contribution < -0.4 is 5.32 Å². The first-order chi connectivity index (χ1) is 13.6. The quantitative estimate of drug-likeness (QED) is 0.636. The maximum atomic E-state index is 12.0. The Labute approximate surface area is 171 Å². The maximum Gasteiger partial charge on any atom is 0.261 e. The molecule has 1 atom stereocenters. The standard InChI is InChI=1S/C19H19ClN4O3S/c20-15-8-7-14(28-15)17(25)21-11-16-22-23-18(27-16)12-3-5-13(6-4-12)19(26)24-9-1-2-10-24/h3-8,19,26H,1-2,9-11H2,(H,21,25). The molecule has 1 aromatic carbocycles. The molecule has 3 aromatic rings. The SMILES string of the molecule is O=C(NCc1nnc(-c2ccc(C(O)N3CCCC3)cc2)o1)c1ccc(Cl)s1. The number of hydrogen-bond acceptors (Lipinski definition) is 7. The summed E-state index contributed by atoms with van der Waals surface area (Å²) in [7, 11) is 0. The summed E-state index contributed by atoms with van der Waals surface area (Å²) in [4.78, 5) is 14.6. The second kappa shape index (κ2) is 8.40. The average molecular weight is 419 g/mol. The Kier molecular flexibility index (Phi) is 5.72. The van der Waals surface area contributed by atoms with Crippen molar-refractivity contribution < 1.29 is 14.3 Å². The van der Waals surface area contributed by atoms with Gasteiger partial charge in [0.25, 0.3) is 5.91 Å². The van der Waals surface area contributed by atoms with Crippen LogP contribution in [0.3, 0.4) is 0 Å². The number of nitrogens with zero attached hydrogens (tertiary/aromatic N) is 3. The number of nitrogens with one attached hydrogen (secondary N) is 1. The van der Waals surface area contributed by atoms with Crippen LogP contribution in [0.5, 0.6) is 0 Å². The van der Waals surface area contributed by atoms with Crippen molar-refractivity contribution in [2.24, 2.45) is 0 Å². The summed E-state index contributed by atoms with van der Waals surface area (Å²) in [5.74, 6) is 0.440. The van der Waals surface area contributed by atoms with E-state index in [1.54, 1.807) is 12.1 Å². The third-order valence-corrected chi connectivity index (χ3v) is 5.84. The molecule has 0 radical (unpaired) electrons. The molecule has 1 amide bonds. The first-order valence-electron chi connectivity index (χ1n) is 8.98. The number of hydrogen-bond donors (Lipinski definition) is 2. The number of rotatable bonds is 6. The van der Waals surface area contributed by atoms with Gasteiger partial charge in [-0.2, -0.15) is 0 Å². The molecule has 3 heterocycles. The van der Waals surface area contributed by atoms with Gasteiger partial charge in [0.15, 0.2) is 0 Å². The molecule has 1 aliphatic heterocycles. The molecule has 2 N–H and O–H groups in total. The summed E-state index contributed by atoms with van der Waals surface area (Å²) in [5, 5.41) is 21.2. The summed E-state index contributed by atoms with van der Waals surface area (Å²) in [6, 6.07) is 10.8. The number of thiophene rings is 1. The van der Waals surface area contributed by atoms with Gasteiger partial charge < -0.3 is 14.8 Å². The molecule has 0 spiro atoms. The van der Waals surface area contributed by atoms with Crippen molar-refractivity contribution in [2.45, 2.75) is 25.6 Å². The zero-order valence-corrected chi connectivity index (χ0v) is 16.5. The van der Waals surface area contributed by atoms with Gasteiger partial charge in [0.1, 0.15) is 6.23 Å². The Bertz CT molecular complexity index is 950. The van der Waals surface area contributed by atoms with Crippen molar-refractivity contribution in [1.82, 2.24) is 20.4 Å². The minimum Gasteiger partial charge on any atom is -0.419 e. The highest BCUT2D eigenvalue weighted by Gasteiger charge is 2.21. The van der Waals surface area contributed by atoms with Gasteiger partial charge in [0.2, 0.25) is 11.8 Å². The van der Waals surface area contributed by atoms with Crippen LogP contribution in [0.1, 0.15) is 40.2 Å². The van der Waals surface area contributed by atoms with E-state index in [9.17, 15) is 9.90 Å². The molecule has 1 aliphatic rings. The van der Waals surface area contributed by atoms with Crippen LogP contribution in [0.4, 0.5) is 0 Å². The second-order valence-electron chi connectivity index (χ2n) is 6.53. The summed E-state index contributed by atoms with van der Waals surface area (Å²) in [6.45, 7) is 1.96. The summed E-state index contributed by atoms with van der Waals surface area (Å²) in [5.41, 5.74) is 1.60. The molecule has 0 aliphatic carbocycles. The number of aromatic nitrogens is 2. The average Bonchev–Trinajstić information content (AvgIpc) is 3.47. The fourth-order valence-electron chi connectivity index (χ4n) is 3.12. The molecule has 1 saturated heterocycles. The lowest BCUT2D eigenvalue weighted by atomic mass is 10.1. The number of aliphatic hydroxyl groups excluding tert-OH is 1. The van der Waals surface area contributed by atoms with Crippen LogP contribution in [0.25, 0.3) is 11.5 Å². The van der Waals surface area contributed by atoms with E-state index in [4.69, 9.17) is 16.0 Å². The number of halogens is 1. The highest BCUT2D eigenvalue weighted by atomic mass is 35.5. The Morgan fingerprint density at radius 3 is 2.64 bits per heavy atom. The highest BCUT2D eigenvalue weighted by molar-refractivity contribution is 7.17. The Hall–Kier alpha value is -2.26. The summed E-state index contributed by atoms with van der Waals surface area (Å²) < 4.78 is 6.19.